The molecule has 0 aliphatic rings. The van der Waals surface area contributed by atoms with Crippen molar-refractivity contribution in [1.29, 1.82) is 0 Å². The Morgan fingerprint density at radius 1 is 1.17 bits per heavy atom. The number of benzene rings is 1. The minimum Gasteiger partial charge on any atom is -0.478 e. The molecule has 96 valence electrons. The second-order valence-corrected chi connectivity index (χ2v) is 3.25. The molecule has 1 N–H and O–H groups in total. The van der Waals surface area contributed by atoms with Crippen LogP contribution in [-0.4, -0.2) is 36.2 Å². The minimum atomic E-state index is -1.26. The van der Waals surface area contributed by atoms with Crippen LogP contribution in [0.15, 0.2) is 24.3 Å². The lowest BCUT2D eigenvalue weighted by Crippen LogP contribution is -2.19. The Bertz CT molecular complexity index is 465. The first-order valence-corrected chi connectivity index (χ1v) is 5.21. The van der Waals surface area contributed by atoms with Gasteiger partial charge in [-0.05, 0) is 19.1 Å². The molecule has 18 heavy (non-hydrogen) atoms. The second kappa shape index (κ2) is 6.51. The molecular formula is C12H12O6. The van der Waals surface area contributed by atoms with Gasteiger partial charge >= 0.3 is 17.9 Å². The van der Waals surface area contributed by atoms with E-state index in [0.29, 0.717) is 6.61 Å². The molecule has 0 aromatic heterocycles. The van der Waals surface area contributed by atoms with Crippen molar-refractivity contribution in [3.05, 3.63) is 35.4 Å². The van der Waals surface area contributed by atoms with Crippen LogP contribution in [0, 0.1) is 0 Å². The van der Waals surface area contributed by atoms with E-state index in [2.05, 4.69) is 4.74 Å². The molecule has 0 saturated heterocycles. The Balaban J connectivity index is 2.78. The summed E-state index contributed by atoms with van der Waals surface area (Å²) in [5, 5.41) is 8.87. The molecule has 0 radical (unpaired) electrons. The van der Waals surface area contributed by atoms with Crippen molar-refractivity contribution in [2.45, 2.75) is 6.92 Å². The monoisotopic (exact) mass is 252 g/mol. The summed E-state index contributed by atoms with van der Waals surface area (Å²) in [6, 6.07) is 5.49. The second-order valence-electron chi connectivity index (χ2n) is 3.25. The summed E-state index contributed by atoms with van der Waals surface area (Å²) in [5.41, 5.74) is -0.387. The van der Waals surface area contributed by atoms with Gasteiger partial charge in [-0.1, -0.05) is 12.1 Å². The Hall–Kier alpha value is -2.21. The molecule has 0 bridgehead atoms. The molecule has 0 aliphatic heterocycles. The zero-order valence-electron chi connectivity index (χ0n) is 9.71. The summed E-state index contributed by atoms with van der Waals surface area (Å²) in [4.78, 5) is 33.6. The minimum absolute atomic E-state index is 0.171. The molecule has 0 heterocycles. The Morgan fingerprint density at radius 2 is 1.78 bits per heavy atom. The summed E-state index contributed by atoms with van der Waals surface area (Å²) in [6.45, 7) is 1.65. The Kier molecular flexibility index (Phi) is 5.01. The first-order valence-electron chi connectivity index (χ1n) is 5.21. The van der Waals surface area contributed by atoms with E-state index >= 15 is 0 Å². The highest BCUT2D eigenvalue weighted by Crippen LogP contribution is 2.10. The van der Waals surface area contributed by atoms with Gasteiger partial charge in [-0.2, -0.15) is 0 Å². The first-order chi connectivity index (χ1) is 8.56. The van der Waals surface area contributed by atoms with Gasteiger partial charge in [0, 0.05) is 6.61 Å². The number of hydrogen-bond donors (Lipinski definition) is 1. The smallest absolute Gasteiger partial charge is 0.346 e. The maximum Gasteiger partial charge on any atom is 0.346 e. The lowest BCUT2D eigenvalue weighted by atomic mass is 10.1. The SMILES string of the molecule is CCOCC(=O)OC(=O)c1ccccc1C(=O)O. The van der Waals surface area contributed by atoms with Crippen LogP contribution in [0.4, 0.5) is 0 Å². The number of rotatable bonds is 5. The van der Waals surface area contributed by atoms with Crippen molar-refractivity contribution < 1.29 is 29.0 Å². The lowest BCUT2D eigenvalue weighted by molar-refractivity contribution is -0.142. The van der Waals surface area contributed by atoms with Gasteiger partial charge in [0.15, 0.2) is 0 Å². The van der Waals surface area contributed by atoms with Crippen LogP contribution in [0.1, 0.15) is 27.6 Å². The van der Waals surface area contributed by atoms with Gasteiger partial charge in [0.05, 0.1) is 11.1 Å². The lowest BCUT2D eigenvalue weighted by Gasteiger charge is -2.05. The molecule has 0 fully saturated rings. The van der Waals surface area contributed by atoms with Crippen LogP contribution in [0.3, 0.4) is 0 Å². The number of ether oxygens (including phenoxy) is 2. The van der Waals surface area contributed by atoms with Gasteiger partial charge < -0.3 is 14.6 Å². The van der Waals surface area contributed by atoms with Gasteiger partial charge in [0.1, 0.15) is 6.61 Å². The van der Waals surface area contributed by atoms with E-state index in [1.807, 2.05) is 0 Å². The average Bonchev–Trinajstić information content (AvgIpc) is 2.36. The van der Waals surface area contributed by atoms with Crippen LogP contribution in [-0.2, 0) is 14.3 Å². The number of aromatic carboxylic acids is 1. The van der Waals surface area contributed by atoms with Gasteiger partial charge in [-0.25, -0.2) is 14.4 Å². The third kappa shape index (κ3) is 3.67. The van der Waals surface area contributed by atoms with Gasteiger partial charge in [0.25, 0.3) is 0 Å². The molecule has 0 unspecified atom stereocenters. The average molecular weight is 252 g/mol. The predicted octanol–water partition coefficient (Wildman–Crippen LogP) is 1.10. The summed E-state index contributed by atoms with van der Waals surface area (Å²) in [5.74, 6) is -3.13. The quantitative estimate of drug-likeness (QED) is 0.623. The van der Waals surface area contributed by atoms with Crippen molar-refractivity contribution in [3.8, 4) is 0 Å². The number of hydrogen-bond acceptors (Lipinski definition) is 5. The van der Waals surface area contributed by atoms with Crippen molar-refractivity contribution >= 4 is 17.9 Å². The number of esters is 2. The molecule has 0 spiro atoms. The molecule has 6 heteroatoms. The maximum atomic E-state index is 11.6. The van der Waals surface area contributed by atoms with Gasteiger partial charge in [-0.3, -0.25) is 0 Å². The highest BCUT2D eigenvalue weighted by Gasteiger charge is 2.19. The fourth-order valence-corrected chi connectivity index (χ4v) is 1.22. The molecule has 0 saturated carbocycles. The van der Waals surface area contributed by atoms with Crippen LogP contribution in [0.2, 0.25) is 0 Å². The van der Waals surface area contributed by atoms with Crippen LogP contribution < -0.4 is 0 Å². The van der Waals surface area contributed by atoms with E-state index in [1.165, 1.54) is 24.3 Å². The third-order valence-corrected chi connectivity index (χ3v) is 2.01. The largest absolute Gasteiger partial charge is 0.478 e. The normalized spacial score (nSPS) is 9.83. The van der Waals surface area contributed by atoms with Crippen LogP contribution in [0.5, 0.6) is 0 Å². The van der Waals surface area contributed by atoms with Crippen molar-refractivity contribution in [2.24, 2.45) is 0 Å². The van der Waals surface area contributed by atoms with E-state index in [-0.39, 0.29) is 17.7 Å². The van der Waals surface area contributed by atoms with Gasteiger partial charge in [0.2, 0.25) is 0 Å². The molecule has 6 nitrogen and oxygen atoms in total. The summed E-state index contributed by atoms with van der Waals surface area (Å²) < 4.78 is 9.23. The van der Waals surface area contributed by atoms with E-state index in [4.69, 9.17) is 9.84 Å². The van der Waals surface area contributed by atoms with E-state index in [1.54, 1.807) is 6.92 Å². The van der Waals surface area contributed by atoms with Crippen molar-refractivity contribution in [3.63, 3.8) is 0 Å². The molecular weight excluding hydrogens is 240 g/mol. The van der Waals surface area contributed by atoms with E-state index < -0.39 is 17.9 Å². The highest BCUT2D eigenvalue weighted by molar-refractivity contribution is 6.05. The standard InChI is InChI=1S/C12H12O6/c1-2-17-7-10(13)18-12(16)9-6-4-3-5-8(9)11(14)15/h3-6H,2,7H2,1H3,(H,14,15). The molecule has 1 aromatic rings. The summed E-state index contributed by atoms with van der Waals surface area (Å²) in [6.07, 6.45) is 0. The number of carboxylic acid groups (broad SMARTS) is 1. The third-order valence-electron chi connectivity index (χ3n) is 2.01. The first kappa shape index (κ1) is 13.9. The predicted molar refractivity (Wildman–Crippen MR) is 60.3 cm³/mol. The number of carbonyl (C=O) groups is 3. The van der Waals surface area contributed by atoms with Crippen LogP contribution in [0.25, 0.3) is 0 Å². The highest BCUT2D eigenvalue weighted by atomic mass is 16.6. The molecule has 0 atom stereocenters. The van der Waals surface area contributed by atoms with E-state index in [9.17, 15) is 14.4 Å². The topological polar surface area (TPSA) is 89.9 Å². The Morgan fingerprint density at radius 3 is 2.33 bits per heavy atom. The fraction of sp³-hybridized carbons (Fsp3) is 0.250. The summed E-state index contributed by atoms with van der Waals surface area (Å²) >= 11 is 0. The molecule has 0 amide bonds. The molecule has 1 rings (SSSR count). The zero-order chi connectivity index (χ0) is 13.5. The Labute approximate surface area is 103 Å². The maximum absolute atomic E-state index is 11.6. The van der Waals surface area contributed by atoms with E-state index in [0.717, 1.165) is 0 Å². The molecule has 1 aromatic carbocycles. The number of carbonyl (C=O) groups excluding carboxylic acids is 2. The van der Waals surface area contributed by atoms with Gasteiger partial charge in [-0.15, -0.1) is 0 Å². The van der Waals surface area contributed by atoms with Crippen LogP contribution >= 0.6 is 0 Å². The molecule has 0 aliphatic carbocycles. The zero-order valence-corrected chi connectivity index (χ0v) is 9.71. The number of carboxylic acids is 1. The van der Waals surface area contributed by atoms with Crippen molar-refractivity contribution in [1.82, 2.24) is 0 Å². The fourth-order valence-electron chi connectivity index (χ4n) is 1.22. The van der Waals surface area contributed by atoms with Crippen molar-refractivity contribution in [2.75, 3.05) is 13.2 Å². The summed E-state index contributed by atoms with van der Waals surface area (Å²) in [7, 11) is 0.